The molecular weight excluding hydrogens is 315 g/mol. The first-order valence-electron chi connectivity index (χ1n) is 3.99. The number of rotatable bonds is 3. The van der Waals surface area contributed by atoms with Crippen molar-refractivity contribution >= 4 is 42.9 Å². The number of nitrogens with zero attached hydrogens (tertiary/aromatic N) is 1. The molecule has 1 rings (SSSR count). The molecule has 17 heavy (non-hydrogen) atoms. The fourth-order valence-electron chi connectivity index (χ4n) is 0.978. The van der Waals surface area contributed by atoms with Crippen molar-refractivity contribution in [2.45, 2.75) is 11.4 Å². The summed E-state index contributed by atoms with van der Waals surface area (Å²) in [5, 5.41) is 0.0822. The zero-order chi connectivity index (χ0) is 13.2. The number of aromatic nitrogens is 2. The Morgan fingerprint density at radius 1 is 1.47 bits per heavy atom. The molecule has 0 aliphatic carbocycles. The van der Waals surface area contributed by atoms with Crippen LogP contribution in [0.4, 0.5) is 0 Å². The SMILES string of the molecule is O=c1[nH]c(=O)n(C/C(Cl)=C\Cl)cc1S(=O)(=O)Cl. The van der Waals surface area contributed by atoms with Crippen LogP contribution in [-0.4, -0.2) is 18.0 Å². The second kappa shape index (κ2) is 5.26. The van der Waals surface area contributed by atoms with Gasteiger partial charge < -0.3 is 0 Å². The highest BCUT2D eigenvalue weighted by molar-refractivity contribution is 8.13. The minimum atomic E-state index is -4.24. The second-order valence-corrected chi connectivity index (χ2v) is 6.11. The van der Waals surface area contributed by atoms with Gasteiger partial charge in [0.15, 0.2) is 4.90 Å². The largest absolute Gasteiger partial charge is 0.328 e. The van der Waals surface area contributed by atoms with Gasteiger partial charge in [-0.1, -0.05) is 23.2 Å². The van der Waals surface area contributed by atoms with Crippen molar-refractivity contribution < 1.29 is 8.42 Å². The molecule has 1 heterocycles. The Bertz CT molecular complexity index is 673. The quantitative estimate of drug-likeness (QED) is 0.834. The molecule has 0 aliphatic heterocycles. The molecule has 0 bridgehead atoms. The molecular formula is C7H5Cl3N2O4S. The summed E-state index contributed by atoms with van der Waals surface area (Å²) in [4.78, 5) is 23.6. The molecule has 10 heteroatoms. The molecule has 0 fully saturated rings. The first-order chi connectivity index (χ1) is 7.75. The van der Waals surface area contributed by atoms with Gasteiger partial charge in [0.25, 0.3) is 14.6 Å². The highest BCUT2D eigenvalue weighted by atomic mass is 35.7. The maximum atomic E-state index is 11.3. The molecule has 0 aliphatic rings. The molecule has 0 atom stereocenters. The Labute approximate surface area is 110 Å². The average Bonchev–Trinajstić information content (AvgIpc) is 2.19. The molecule has 0 saturated carbocycles. The van der Waals surface area contributed by atoms with E-state index in [2.05, 4.69) is 0 Å². The van der Waals surface area contributed by atoms with E-state index in [1.165, 1.54) is 0 Å². The maximum Gasteiger partial charge on any atom is 0.328 e. The van der Waals surface area contributed by atoms with E-state index in [1.54, 1.807) is 4.98 Å². The van der Waals surface area contributed by atoms with E-state index < -0.39 is 25.2 Å². The lowest BCUT2D eigenvalue weighted by Crippen LogP contribution is -2.32. The summed E-state index contributed by atoms with van der Waals surface area (Å²) in [7, 11) is 0.780. The summed E-state index contributed by atoms with van der Waals surface area (Å²) in [6, 6.07) is 0. The molecule has 6 nitrogen and oxygen atoms in total. The number of hydrogen-bond acceptors (Lipinski definition) is 4. The third kappa shape index (κ3) is 3.60. The zero-order valence-electron chi connectivity index (χ0n) is 7.98. The van der Waals surface area contributed by atoms with E-state index in [1.807, 2.05) is 0 Å². The van der Waals surface area contributed by atoms with E-state index in [4.69, 9.17) is 33.9 Å². The predicted octanol–water partition coefficient (Wildman–Crippen LogP) is 0.783. The molecule has 94 valence electrons. The van der Waals surface area contributed by atoms with Gasteiger partial charge >= 0.3 is 5.69 Å². The predicted molar refractivity (Wildman–Crippen MR) is 64.2 cm³/mol. The van der Waals surface area contributed by atoms with E-state index in [0.29, 0.717) is 0 Å². The number of nitrogens with one attached hydrogen (secondary N) is 1. The van der Waals surface area contributed by atoms with Crippen LogP contribution in [0.3, 0.4) is 0 Å². The van der Waals surface area contributed by atoms with Gasteiger partial charge in [0.1, 0.15) is 0 Å². The van der Waals surface area contributed by atoms with Gasteiger partial charge in [0.2, 0.25) is 0 Å². The lowest BCUT2D eigenvalue weighted by Gasteiger charge is -2.04. The number of H-pyrrole nitrogens is 1. The average molecular weight is 320 g/mol. The van der Waals surface area contributed by atoms with Crippen molar-refractivity contribution in [3.8, 4) is 0 Å². The molecule has 1 N–H and O–H groups in total. The molecule has 0 amide bonds. The van der Waals surface area contributed by atoms with E-state index in [-0.39, 0.29) is 11.6 Å². The van der Waals surface area contributed by atoms with Crippen molar-refractivity contribution in [1.82, 2.24) is 9.55 Å². The molecule has 0 saturated heterocycles. The number of hydrogen-bond donors (Lipinski definition) is 1. The summed E-state index contributed by atoms with van der Waals surface area (Å²) in [5.74, 6) is 0. The Hall–Kier alpha value is -0.760. The molecule has 0 aromatic carbocycles. The van der Waals surface area contributed by atoms with Gasteiger partial charge in [-0.2, -0.15) is 0 Å². The first-order valence-corrected chi connectivity index (χ1v) is 7.11. The summed E-state index contributed by atoms with van der Waals surface area (Å²) in [5.41, 5.74) is -0.906. The van der Waals surface area contributed by atoms with Crippen LogP contribution >= 0.6 is 33.9 Å². The standard InChI is InChI=1S/C7H5Cl3N2O4S/c8-1-4(9)2-12-3-5(17(10,15)16)6(13)11-7(12)14/h1,3H,2H2,(H,11,13,14)/b4-1+. The minimum Gasteiger partial charge on any atom is -0.294 e. The van der Waals surface area contributed by atoms with Gasteiger partial charge in [-0.3, -0.25) is 14.3 Å². The Morgan fingerprint density at radius 2 is 2.06 bits per heavy atom. The first kappa shape index (κ1) is 14.3. The number of aromatic amines is 1. The highest BCUT2D eigenvalue weighted by Crippen LogP contribution is 2.10. The smallest absolute Gasteiger partial charge is 0.294 e. The summed E-state index contributed by atoms with van der Waals surface area (Å²) >= 11 is 10.9. The topological polar surface area (TPSA) is 89.0 Å². The lowest BCUT2D eigenvalue weighted by atomic mass is 10.5. The van der Waals surface area contributed by atoms with E-state index in [9.17, 15) is 18.0 Å². The van der Waals surface area contributed by atoms with Gasteiger partial charge in [-0.25, -0.2) is 13.2 Å². The van der Waals surface area contributed by atoms with Crippen LogP contribution in [0, 0.1) is 0 Å². The summed E-state index contributed by atoms with van der Waals surface area (Å²) in [6.07, 6.45) is 0.798. The van der Waals surface area contributed by atoms with Gasteiger partial charge in [-0.15, -0.1) is 0 Å². The fourth-order valence-corrected chi connectivity index (χ4v) is 2.03. The van der Waals surface area contributed by atoms with Crippen LogP contribution in [0.25, 0.3) is 0 Å². The van der Waals surface area contributed by atoms with Crippen molar-refractivity contribution in [3.63, 3.8) is 0 Å². The van der Waals surface area contributed by atoms with E-state index in [0.717, 1.165) is 16.3 Å². The summed E-state index contributed by atoms with van der Waals surface area (Å²) < 4.78 is 22.9. The third-order valence-corrected chi connectivity index (χ3v) is 3.60. The van der Waals surface area contributed by atoms with Crippen molar-refractivity contribution in [2.24, 2.45) is 0 Å². The van der Waals surface area contributed by atoms with Gasteiger partial charge in [0, 0.05) is 27.4 Å². The second-order valence-electron chi connectivity index (χ2n) is 2.87. The van der Waals surface area contributed by atoms with Crippen LogP contribution in [0.5, 0.6) is 0 Å². The Morgan fingerprint density at radius 3 is 2.53 bits per heavy atom. The molecule has 0 radical (unpaired) electrons. The monoisotopic (exact) mass is 318 g/mol. The minimum absolute atomic E-state index is 0.0822. The Kier molecular flexibility index (Phi) is 4.42. The molecule has 1 aromatic rings. The van der Waals surface area contributed by atoms with E-state index >= 15 is 0 Å². The zero-order valence-corrected chi connectivity index (χ0v) is 11.1. The molecule has 1 aromatic heterocycles. The number of halogens is 3. The van der Waals surface area contributed by atoms with Gasteiger partial charge in [-0.05, 0) is 0 Å². The third-order valence-electron chi connectivity index (χ3n) is 1.68. The molecule has 0 spiro atoms. The maximum absolute atomic E-state index is 11.3. The number of allylic oxidation sites excluding steroid dienone is 1. The Balaban J connectivity index is 3.46. The van der Waals surface area contributed by atoms with Gasteiger partial charge in [0.05, 0.1) is 6.54 Å². The van der Waals surface area contributed by atoms with Crippen LogP contribution in [0.2, 0.25) is 0 Å². The highest BCUT2D eigenvalue weighted by Gasteiger charge is 2.17. The molecule has 0 unspecified atom stereocenters. The van der Waals surface area contributed by atoms with Crippen LogP contribution in [0.1, 0.15) is 0 Å². The van der Waals surface area contributed by atoms with Crippen molar-refractivity contribution in [1.29, 1.82) is 0 Å². The lowest BCUT2D eigenvalue weighted by molar-refractivity contribution is 0.603. The summed E-state index contributed by atoms with van der Waals surface area (Å²) in [6.45, 7) is -0.180. The van der Waals surface area contributed by atoms with Crippen LogP contribution in [0.15, 0.2) is 31.2 Å². The van der Waals surface area contributed by atoms with Crippen LogP contribution in [-0.2, 0) is 15.6 Å². The van der Waals surface area contributed by atoms with Crippen molar-refractivity contribution in [2.75, 3.05) is 0 Å². The normalized spacial score (nSPS) is 12.8. The fraction of sp³-hybridized carbons (Fsp3) is 0.143. The van der Waals surface area contributed by atoms with Crippen molar-refractivity contribution in [3.05, 3.63) is 37.6 Å². The van der Waals surface area contributed by atoms with Crippen LogP contribution < -0.4 is 11.2 Å².